The van der Waals surface area contributed by atoms with Gasteiger partial charge < -0.3 is 43.0 Å². The molecule has 1 saturated heterocycles. The normalized spacial score (nSPS) is 14.1. The fraction of sp³-hybridized carbons (Fsp3) is 0.366. The van der Waals surface area contributed by atoms with E-state index in [0.29, 0.717) is 31.6 Å². The predicted molar refractivity (Wildman–Crippen MR) is 195 cm³/mol. The average molecular weight is 747 g/mol. The smallest absolute Gasteiger partial charge is 0.339 e. The minimum Gasteiger partial charge on any atom is -0.491 e. The van der Waals surface area contributed by atoms with Crippen LogP contribution in [-0.2, 0) is 44.4 Å². The number of carbonyl (C=O) groups excluding carboxylic acids is 4. The highest BCUT2D eigenvalue weighted by molar-refractivity contribution is 6.03. The molecule has 0 spiro atoms. The molecule has 1 aliphatic rings. The number of hydrogen-bond acceptors (Lipinski definition) is 13. The Bertz CT molecular complexity index is 1710. The van der Waals surface area contributed by atoms with E-state index in [1.807, 2.05) is 36.4 Å². The van der Waals surface area contributed by atoms with Crippen molar-refractivity contribution >= 4 is 23.9 Å². The summed E-state index contributed by atoms with van der Waals surface area (Å²) < 4.78 is 43.5. The lowest BCUT2D eigenvalue weighted by molar-refractivity contribution is -0.143. The summed E-state index contributed by atoms with van der Waals surface area (Å²) in [4.78, 5) is 49.4. The number of unbranched alkanes of at least 4 members (excludes halogenated alkanes) is 1. The van der Waals surface area contributed by atoms with Crippen LogP contribution in [0, 0.1) is 0 Å². The molecule has 3 aromatic rings. The Morgan fingerprint density at radius 2 is 1.52 bits per heavy atom. The molecule has 0 aliphatic carbocycles. The number of para-hydroxylation sites is 1. The Hall–Kier alpha value is -5.50. The number of rotatable bonds is 24. The fourth-order valence-corrected chi connectivity index (χ4v) is 4.77. The van der Waals surface area contributed by atoms with E-state index in [0.717, 1.165) is 29.6 Å². The number of hydrogen-bond donors (Lipinski definition) is 1. The molecule has 0 saturated carbocycles. The first-order chi connectivity index (χ1) is 26.1. The van der Waals surface area contributed by atoms with Gasteiger partial charge in [-0.05, 0) is 61.2 Å². The van der Waals surface area contributed by atoms with Crippen molar-refractivity contribution in [3.63, 3.8) is 0 Å². The molecule has 13 heteroatoms. The Kier molecular flexibility index (Phi) is 16.7. The van der Waals surface area contributed by atoms with Crippen molar-refractivity contribution < 1.29 is 62.2 Å². The average Bonchev–Trinajstić information content (AvgIpc) is 4.02. The summed E-state index contributed by atoms with van der Waals surface area (Å²) in [7, 11) is 0. The molecule has 0 radical (unpaired) electrons. The van der Waals surface area contributed by atoms with Gasteiger partial charge >= 0.3 is 23.9 Å². The van der Waals surface area contributed by atoms with Crippen molar-refractivity contribution in [3.05, 3.63) is 120 Å². The van der Waals surface area contributed by atoms with Gasteiger partial charge in [0, 0.05) is 24.7 Å². The highest BCUT2D eigenvalue weighted by Crippen LogP contribution is 2.24. The van der Waals surface area contributed by atoms with E-state index in [4.69, 9.17) is 37.9 Å². The molecular weight excluding hydrogens is 700 g/mol. The topological polar surface area (TPSA) is 166 Å². The van der Waals surface area contributed by atoms with Gasteiger partial charge in [-0.25, -0.2) is 19.2 Å². The third-order valence-corrected chi connectivity index (χ3v) is 7.75. The third-order valence-electron chi connectivity index (χ3n) is 7.75. The fourth-order valence-electron chi connectivity index (χ4n) is 4.77. The molecule has 3 aromatic carbocycles. The number of ether oxygens (including phenoxy) is 8. The van der Waals surface area contributed by atoms with E-state index in [9.17, 15) is 24.3 Å². The van der Waals surface area contributed by atoms with Crippen LogP contribution in [0.25, 0.3) is 0 Å². The first kappa shape index (κ1) is 41.3. The van der Waals surface area contributed by atoms with Gasteiger partial charge in [0.05, 0.1) is 30.9 Å². The van der Waals surface area contributed by atoms with Gasteiger partial charge in [-0.3, -0.25) is 0 Å². The molecule has 13 nitrogen and oxygen atoms in total. The van der Waals surface area contributed by atoms with E-state index in [1.54, 1.807) is 24.3 Å². The van der Waals surface area contributed by atoms with Crippen molar-refractivity contribution in [2.75, 3.05) is 52.9 Å². The Morgan fingerprint density at radius 1 is 0.833 bits per heavy atom. The maximum absolute atomic E-state index is 13.2. The summed E-state index contributed by atoms with van der Waals surface area (Å²) in [5.41, 5.74) is 2.06. The Labute approximate surface area is 314 Å². The van der Waals surface area contributed by atoms with Gasteiger partial charge in [0.15, 0.2) is 6.10 Å². The minimum atomic E-state index is -1.16. The lowest BCUT2D eigenvalue weighted by atomic mass is 10.0. The number of benzene rings is 3. The van der Waals surface area contributed by atoms with Crippen LogP contribution < -0.4 is 9.47 Å². The molecular formula is C41H46O13. The lowest BCUT2D eigenvalue weighted by Gasteiger charge is -2.19. The van der Waals surface area contributed by atoms with E-state index in [1.165, 1.54) is 19.1 Å². The van der Waals surface area contributed by atoms with Gasteiger partial charge in [0.2, 0.25) is 0 Å². The molecule has 0 bridgehead atoms. The molecule has 1 fully saturated rings. The minimum absolute atomic E-state index is 0.0910. The third kappa shape index (κ3) is 14.5. The summed E-state index contributed by atoms with van der Waals surface area (Å²) in [6, 6.07) is 21.1. The van der Waals surface area contributed by atoms with Gasteiger partial charge in [-0.1, -0.05) is 55.6 Å². The Morgan fingerprint density at radius 3 is 2.22 bits per heavy atom. The molecule has 3 atom stereocenters. The van der Waals surface area contributed by atoms with Gasteiger partial charge in [0.1, 0.15) is 50.1 Å². The molecule has 0 amide bonds. The second-order valence-electron chi connectivity index (χ2n) is 12.4. The summed E-state index contributed by atoms with van der Waals surface area (Å²) in [6.45, 7) is 9.05. The van der Waals surface area contributed by atoms with Crippen LogP contribution in [-0.4, -0.2) is 100 Å². The van der Waals surface area contributed by atoms with E-state index in [2.05, 4.69) is 13.2 Å². The standard InChI is InChI=1S/C41H46O13/c1-4-38(43)48-20-10-9-19-47-24-34(27-53-39(44)28(2)3)54-41(46)36-13-7-6-12-35(36)40(45)52-23-31(42)22-49-32-17-15-29(16-18-32)21-30-11-5-8-14-37(30)51-26-33-25-50-33/h4-8,11-18,31,33-34,42H,1-2,9-10,19-27H2,3H3. The Balaban J connectivity index is 1.24. The predicted octanol–water partition coefficient (Wildman–Crippen LogP) is 4.82. The molecule has 288 valence electrons. The first-order valence-electron chi connectivity index (χ1n) is 17.5. The SMILES string of the molecule is C=CC(=O)OCCCCOCC(COC(=O)C(=C)C)OC(=O)c1ccccc1C(=O)OCC(O)COc1ccc(Cc2ccccc2OCC2CO2)cc1. The zero-order chi connectivity index (χ0) is 38.7. The summed E-state index contributed by atoms with van der Waals surface area (Å²) in [6.07, 6.45) is 0.784. The summed E-state index contributed by atoms with van der Waals surface area (Å²) in [5.74, 6) is -1.60. The van der Waals surface area contributed by atoms with Crippen LogP contribution in [0.2, 0.25) is 0 Å². The summed E-state index contributed by atoms with van der Waals surface area (Å²) >= 11 is 0. The lowest BCUT2D eigenvalue weighted by Crippen LogP contribution is -2.31. The molecule has 54 heavy (non-hydrogen) atoms. The monoisotopic (exact) mass is 746 g/mol. The van der Waals surface area contributed by atoms with Crippen LogP contribution in [0.15, 0.2) is 97.6 Å². The van der Waals surface area contributed by atoms with Crippen LogP contribution in [0.1, 0.15) is 51.6 Å². The van der Waals surface area contributed by atoms with Crippen LogP contribution in [0.4, 0.5) is 0 Å². The number of epoxide rings is 1. The molecule has 1 heterocycles. The first-order valence-corrected chi connectivity index (χ1v) is 17.5. The summed E-state index contributed by atoms with van der Waals surface area (Å²) in [5, 5.41) is 10.5. The molecule has 4 rings (SSSR count). The maximum atomic E-state index is 13.2. The van der Waals surface area contributed by atoms with E-state index >= 15 is 0 Å². The van der Waals surface area contributed by atoms with Crippen LogP contribution >= 0.6 is 0 Å². The van der Waals surface area contributed by atoms with Crippen LogP contribution in [0.5, 0.6) is 11.5 Å². The molecule has 3 unspecified atom stereocenters. The number of esters is 4. The van der Waals surface area contributed by atoms with Gasteiger partial charge in [-0.2, -0.15) is 0 Å². The van der Waals surface area contributed by atoms with E-state index in [-0.39, 0.29) is 55.8 Å². The highest BCUT2D eigenvalue weighted by Gasteiger charge is 2.25. The molecule has 1 N–H and O–H groups in total. The largest absolute Gasteiger partial charge is 0.491 e. The van der Waals surface area contributed by atoms with Crippen molar-refractivity contribution in [3.8, 4) is 11.5 Å². The van der Waals surface area contributed by atoms with E-state index < -0.39 is 42.7 Å². The van der Waals surface area contributed by atoms with Gasteiger partial charge in [-0.15, -0.1) is 0 Å². The van der Waals surface area contributed by atoms with Crippen molar-refractivity contribution in [2.45, 2.75) is 44.5 Å². The van der Waals surface area contributed by atoms with Crippen molar-refractivity contribution in [2.24, 2.45) is 0 Å². The maximum Gasteiger partial charge on any atom is 0.339 e. The number of carbonyl (C=O) groups is 4. The number of aliphatic hydroxyl groups is 1. The number of aliphatic hydroxyl groups excluding tert-OH is 1. The van der Waals surface area contributed by atoms with Gasteiger partial charge in [0.25, 0.3) is 0 Å². The quantitative estimate of drug-likeness (QED) is 0.0436. The zero-order valence-corrected chi connectivity index (χ0v) is 30.3. The van der Waals surface area contributed by atoms with Crippen molar-refractivity contribution in [1.29, 1.82) is 0 Å². The second-order valence-corrected chi connectivity index (χ2v) is 12.4. The second kappa shape index (κ2) is 21.9. The van der Waals surface area contributed by atoms with Crippen LogP contribution in [0.3, 0.4) is 0 Å². The molecule has 0 aromatic heterocycles. The molecule has 1 aliphatic heterocycles. The highest BCUT2D eigenvalue weighted by atomic mass is 16.6. The van der Waals surface area contributed by atoms with Crippen molar-refractivity contribution in [1.82, 2.24) is 0 Å². The zero-order valence-electron chi connectivity index (χ0n) is 30.3.